The van der Waals surface area contributed by atoms with E-state index in [4.69, 9.17) is 17.0 Å². The van der Waals surface area contributed by atoms with Crippen molar-refractivity contribution >= 4 is 28.9 Å². The van der Waals surface area contributed by atoms with Gasteiger partial charge in [0.2, 0.25) is 0 Å². The van der Waals surface area contributed by atoms with E-state index in [1.54, 1.807) is 4.52 Å². The lowest BCUT2D eigenvalue weighted by atomic mass is 10.2. The van der Waals surface area contributed by atoms with Gasteiger partial charge in [-0.3, -0.25) is 0 Å². The zero-order valence-corrected chi connectivity index (χ0v) is 9.99. The van der Waals surface area contributed by atoms with Crippen LogP contribution in [0.5, 0.6) is 6.01 Å². The lowest BCUT2D eigenvalue weighted by Gasteiger charge is -1.99. The van der Waals surface area contributed by atoms with Crippen LogP contribution in [0, 0.1) is 4.64 Å². The zero-order chi connectivity index (χ0) is 11.8. The van der Waals surface area contributed by atoms with Gasteiger partial charge in [0.05, 0.1) is 12.1 Å². The van der Waals surface area contributed by atoms with Gasteiger partial charge in [-0.25, -0.2) is 9.61 Å². The molecular weight excluding hydrogens is 236 g/mol. The Bertz CT molecular complexity index is 746. The molecule has 0 amide bonds. The SMILES string of the molecule is CCOc1nc2nc(=S)c3ccccc3n2[nH]1. The van der Waals surface area contributed by atoms with Crippen molar-refractivity contribution in [1.29, 1.82) is 0 Å². The van der Waals surface area contributed by atoms with Gasteiger partial charge in [-0.1, -0.05) is 24.4 Å². The minimum Gasteiger partial charge on any atom is -0.464 e. The molecule has 2 aromatic heterocycles. The third kappa shape index (κ3) is 1.57. The van der Waals surface area contributed by atoms with Crippen LogP contribution in [0.15, 0.2) is 24.3 Å². The number of aromatic nitrogens is 4. The Morgan fingerprint density at radius 1 is 1.35 bits per heavy atom. The van der Waals surface area contributed by atoms with Gasteiger partial charge >= 0.3 is 6.01 Å². The fourth-order valence-corrected chi connectivity index (χ4v) is 2.01. The summed E-state index contributed by atoms with van der Waals surface area (Å²) in [6, 6.07) is 8.24. The molecule has 0 aliphatic heterocycles. The quantitative estimate of drug-likeness (QED) is 0.705. The van der Waals surface area contributed by atoms with Gasteiger partial charge in [-0.15, -0.1) is 0 Å². The van der Waals surface area contributed by atoms with E-state index in [-0.39, 0.29) is 0 Å². The summed E-state index contributed by atoms with van der Waals surface area (Å²) < 4.78 is 7.64. The van der Waals surface area contributed by atoms with E-state index >= 15 is 0 Å². The lowest BCUT2D eigenvalue weighted by molar-refractivity contribution is 0.313. The van der Waals surface area contributed by atoms with Gasteiger partial charge < -0.3 is 4.74 Å². The van der Waals surface area contributed by atoms with Crippen molar-refractivity contribution in [2.45, 2.75) is 6.92 Å². The summed E-state index contributed by atoms with van der Waals surface area (Å²) in [6.07, 6.45) is 0. The Morgan fingerprint density at radius 3 is 3.00 bits per heavy atom. The number of para-hydroxylation sites is 1. The number of ether oxygens (including phenoxy) is 1. The molecule has 86 valence electrons. The number of benzene rings is 1. The van der Waals surface area contributed by atoms with Crippen molar-refractivity contribution < 1.29 is 4.74 Å². The number of H-pyrrole nitrogens is 1. The van der Waals surface area contributed by atoms with Crippen molar-refractivity contribution in [1.82, 2.24) is 19.6 Å². The molecule has 0 saturated heterocycles. The maximum atomic E-state index is 5.32. The molecule has 5 nitrogen and oxygen atoms in total. The van der Waals surface area contributed by atoms with Gasteiger partial charge in [-0.2, -0.15) is 9.97 Å². The van der Waals surface area contributed by atoms with E-state index in [2.05, 4.69) is 15.1 Å². The maximum absolute atomic E-state index is 5.32. The van der Waals surface area contributed by atoms with Crippen molar-refractivity contribution in [2.24, 2.45) is 0 Å². The Balaban J connectivity index is 2.42. The summed E-state index contributed by atoms with van der Waals surface area (Å²) in [5.41, 5.74) is 0.945. The Morgan fingerprint density at radius 2 is 2.18 bits per heavy atom. The molecule has 0 unspecified atom stereocenters. The van der Waals surface area contributed by atoms with Gasteiger partial charge in [-0.05, 0) is 19.1 Å². The third-order valence-corrected chi connectivity index (χ3v) is 2.78. The van der Waals surface area contributed by atoms with Crippen molar-refractivity contribution in [3.05, 3.63) is 28.9 Å². The second-order valence-electron chi connectivity index (χ2n) is 3.53. The molecule has 6 heteroatoms. The van der Waals surface area contributed by atoms with Gasteiger partial charge in [0.25, 0.3) is 5.78 Å². The molecule has 0 fully saturated rings. The summed E-state index contributed by atoms with van der Waals surface area (Å²) in [7, 11) is 0. The highest BCUT2D eigenvalue weighted by Crippen LogP contribution is 2.16. The number of hydrogen-bond donors (Lipinski definition) is 1. The highest BCUT2D eigenvalue weighted by molar-refractivity contribution is 7.71. The van der Waals surface area contributed by atoms with Crippen LogP contribution >= 0.6 is 12.2 Å². The predicted molar refractivity (Wildman–Crippen MR) is 66.8 cm³/mol. The highest BCUT2D eigenvalue weighted by Gasteiger charge is 2.07. The molecule has 2 heterocycles. The van der Waals surface area contributed by atoms with Crippen molar-refractivity contribution in [3.63, 3.8) is 0 Å². The second-order valence-corrected chi connectivity index (χ2v) is 3.92. The van der Waals surface area contributed by atoms with Crippen LogP contribution in [0.3, 0.4) is 0 Å². The van der Waals surface area contributed by atoms with E-state index in [0.29, 0.717) is 23.0 Å². The summed E-state index contributed by atoms with van der Waals surface area (Å²) in [6.45, 7) is 2.46. The van der Waals surface area contributed by atoms with Crippen LogP contribution in [0.25, 0.3) is 16.7 Å². The molecule has 0 spiro atoms. The first-order valence-electron chi connectivity index (χ1n) is 5.30. The molecule has 1 N–H and O–H groups in total. The standard InChI is InChI=1S/C11H10N4OS/c1-2-16-11-13-10-12-9(17)7-5-3-4-6-8(7)15(10)14-11/h3-6H,2H2,1H3,(H,12,13,14,17). The number of hydrogen-bond acceptors (Lipinski definition) is 4. The van der Waals surface area contributed by atoms with Crippen LogP contribution in [-0.4, -0.2) is 26.2 Å². The second kappa shape index (κ2) is 3.81. The molecule has 3 aromatic rings. The number of rotatable bonds is 2. The minimum absolute atomic E-state index is 0.450. The van der Waals surface area contributed by atoms with E-state index in [1.165, 1.54) is 0 Å². The lowest BCUT2D eigenvalue weighted by Crippen LogP contribution is -1.95. The number of aromatic amines is 1. The minimum atomic E-state index is 0.450. The molecule has 0 atom stereocenters. The average molecular weight is 246 g/mol. The molecular formula is C11H10N4OS. The van der Waals surface area contributed by atoms with Crippen LogP contribution in [0.4, 0.5) is 0 Å². The van der Waals surface area contributed by atoms with Crippen LogP contribution in [-0.2, 0) is 0 Å². The van der Waals surface area contributed by atoms with Gasteiger partial charge in [0.15, 0.2) is 0 Å². The summed E-state index contributed by atoms with van der Waals surface area (Å²) in [4.78, 5) is 8.48. The molecule has 1 aromatic carbocycles. The summed E-state index contributed by atoms with van der Waals surface area (Å²) in [5, 5.41) is 3.96. The predicted octanol–water partition coefficient (Wildman–Crippen LogP) is 2.34. The van der Waals surface area contributed by atoms with Crippen LogP contribution in [0.2, 0.25) is 0 Å². The number of nitrogens with one attached hydrogen (secondary N) is 1. The van der Waals surface area contributed by atoms with E-state index < -0.39 is 0 Å². The Hall–Kier alpha value is -1.95. The first kappa shape index (κ1) is 10.2. The first-order valence-corrected chi connectivity index (χ1v) is 5.70. The van der Waals surface area contributed by atoms with E-state index in [0.717, 1.165) is 10.9 Å². The molecule has 3 rings (SSSR count). The zero-order valence-electron chi connectivity index (χ0n) is 9.17. The fourth-order valence-electron chi connectivity index (χ4n) is 1.76. The Labute approximate surface area is 102 Å². The molecule has 0 bridgehead atoms. The number of fused-ring (bicyclic) bond motifs is 3. The monoisotopic (exact) mass is 246 g/mol. The van der Waals surface area contributed by atoms with E-state index in [9.17, 15) is 0 Å². The first-order chi connectivity index (χ1) is 8.29. The molecule has 17 heavy (non-hydrogen) atoms. The average Bonchev–Trinajstić information content (AvgIpc) is 2.73. The van der Waals surface area contributed by atoms with Gasteiger partial charge in [0.1, 0.15) is 4.64 Å². The van der Waals surface area contributed by atoms with Crippen LogP contribution < -0.4 is 4.74 Å². The van der Waals surface area contributed by atoms with Crippen molar-refractivity contribution in [2.75, 3.05) is 6.61 Å². The molecule has 0 radical (unpaired) electrons. The smallest absolute Gasteiger partial charge is 0.312 e. The summed E-state index contributed by atoms with van der Waals surface area (Å²) >= 11 is 5.24. The van der Waals surface area contributed by atoms with Crippen molar-refractivity contribution in [3.8, 4) is 6.01 Å². The third-order valence-electron chi connectivity index (χ3n) is 2.47. The highest BCUT2D eigenvalue weighted by atomic mass is 32.1. The topological polar surface area (TPSA) is 55.2 Å². The number of nitrogens with zero attached hydrogens (tertiary/aromatic N) is 3. The normalized spacial score (nSPS) is 11.1. The largest absolute Gasteiger partial charge is 0.464 e. The Kier molecular flexibility index (Phi) is 2.29. The molecule has 0 saturated carbocycles. The van der Waals surface area contributed by atoms with Crippen LogP contribution in [0.1, 0.15) is 6.92 Å². The fraction of sp³-hybridized carbons (Fsp3) is 0.182. The van der Waals surface area contributed by atoms with Gasteiger partial charge in [0, 0.05) is 5.39 Å². The maximum Gasteiger partial charge on any atom is 0.312 e. The molecule has 0 aliphatic carbocycles. The van der Waals surface area contributed by atoms with E-state index in [1.807, 2.05) is 31.2 Å². The summed E-state index contributed by atoms with van der Waals surface area (Å²) in [5.74, 6) is 0.525. The molecule has 0 aliphatic rings.